The number of likely N-dealkylation sites (N-methyl/N-ethyl adjacent to an activating group) is 1. The van der Waals surface area contributed by atoms with E-state index < -0.39 is 22.4 Å². The van der Waals surface area contributed by atoms with Crippen LogP contribution in [0.25, 0.3) is 0 Å². The van der Waals surface area contributed by atoms with Crippen molar-refractivity contribution in [1.29, 1.82) is 0 Å². The van der Waals surface area contributed by atoms with Gasteiger partial charge in [-0.05, 0) is 36.1 Å². The predicted octanol–water partition coefficient (Wildman–Crippen LogP) is 0.976. The predicted molar refractivity (Wildman–Crippen MR) is 113 cm³/mol. The first-order chi connectivity index (χ1) is 14.0. The molecule has 0 saturated heterocycles. The zero-order valence-corrected chi connectivity index (χ0v) is 19.2. The quantitative estimate of drug-likeness (QED) is 0.573. The first-order valence-corrected chi connectivity index (χ1v) is 11.2. The van der Waals surface area contributed by atoms with E-state index in [-0.39, 0.29) is 29.2 Å². The van der Waals surface area contributed by atoms with Gasteiger partial charge in [0.05, 0.1) is 11.4 Å². The number of sulfonamides is 1. The zero-order chi connectivity index (χ0) is 22.6. The summed E-state index contributed by atoms with van der Waals surface area (Å²) in [5.74, 6) is -0.737. The van der Waals surface area contributed by atoms with Gasteiger partial charge in [-0.3, -0.25) is 9.59 Å². The third kappa shape index (κ3) is 5.37. The van der Waals surface area contributed by atoms with Crippen LogP contribution < -0.4 is 9.62 Å². The van der Waals surface area contributed by atoms with Crippen molar-refractivity contribution < 1.29 is 27.5 Å². The van der Waals surface area contributed by atoms with Gasteiger partial charge in [0.25, 0.3) is 0 Å². The average Bonchev–Trinajstić information content (AvgIpc) is 3.12. The van der Waals surface area contributed by atoms with Crippen LogP contribution in [0.3, 0.4) is 0 Å². The molecule has 0 radical (unpaired) electrons. The Balaban J connectivity index is 2.22. The van der Waals surface area contributed by atoms with Gasteiger partial charge in [0, 0.05) is 40.4 Å². The summed E-state index contributed by atoms with van der Waals surface area (Å²) in [5, 5.41) is 0. The molecule has 0 saturated carbocycles. The van der Waals surface area contributed by atoms with Gasteiger partial charge in [0.15, 0.2) is 6.29 Å². The fraction of sp³-hybridized carbons (Fsp3) is 0.600. The number of fused-ring (bicyclic) bond motifs is 1. The van der Waals surface area contributed by atoms with E-state index in [1.165, 1.54) is 32.1 Å². The molecule has 1 atom stereocenters. The molecule has 9 nitrogen and oxygen atoms in total. The standard InChI is InChI=1S/C20H31N3O6S/c1-13(2)19(20(25)22(4)12-18(28-5)29-6)21-30(26,27)16-7-8-17-15(11-16)9-10-23(17)14(3)24/h7-8,11,13,18-19,21H,9-10,12H2,1-6H3. The summed E-state index contributed by atoms with van der Waals surface area (Å²) in [6, 6.07) is 3.72. The lowest BCUT2D eigenvalue weighted by Crippen LogP contribution is -2.51. The molecule has 0 aromatic heterocycles. The highest BCUT2D eigenvalue weighted by molar-refractivity contribution is 7.89. The number of amides is 2. The summed E-state index contributed by atoms with van der Waals surface area (Å²) >= 11 is 0. The molecule has 1 N–H and O–H groups in total. The normalized spacial score (nSPS) is 14.9. The van der Waals surface area contributed by atoms with Crippen molar-refractivity contribution >= 4 is 27.5 Å². The molecular weight excluding hydrogens is 410 g/mol. The lowest BCUT2D eigenvalue weighted by atomic mass is 10.0. The number of hydrogen-bond donors (Lipinski definition) is 1. The minimum absolute atomic E-state index is 0.0689. The Morgan fingerprint density at radius 2 is 1.87 bits per heavy atom. The van der Waals surface area contributed by atoms with Crippen LogP contribution in [-0.4, -0.2) is 71.8 Å². The van der Waals surface area contributed by atoms with E-state index >= 15 is 0 Å². The SMILES string of the molecule is COC(CN(C)C(=O)C(NS(=O)(=O)c1ccc2c(c1)CCN2C(C)=O)C(C)C)OC. The van der Waals surface area contributed by atoms with Crippen molar-refractivity contribution in [2.24, 2.45) is 5.92 Å². The number of rotatable bonds is 9. The highest BCUT2D eigenvalue weighted by Crippen LogP contribution is 2.30. The molecule has 10 heteroatoms. The fourth-order valence-corrected chi connectivity index (χ4v) is 4.76. The second-order valence-electron chi connectivity index (χ2n) is 7.67. The number of nitrogens with zero attached hydrogens (tertiary/aromatic N) is 2. The topological polar surface area (TPSA) is 105 Å². The van der Waals surface area contributed by atoms with Crippen molar-refractivity contribution in [2.75, 3.05) is 39.3 Å². The smallest absolute Gasteiger partial charge is 0.241 e. The molecule has 30 heavy (non-hydrogen) atoms. The minimum atomic E-state index is -3.95. The third-order valence-corrected chi connectivity index (χ3v) is 6.62. The maximum absolute atomic E-state index is 13.0. The van der Waals surface area contributed by atoms with Gasteiger partial charge >= 0.3 is 0 Å². The molecule has 1 unspecified atom stereocenters. The number of anilines is 1. The largest absolute Gasteiger partial charge is 0.354 e. The van der Waals surface area contributed by atoms with E-state index in [1.807, 2.05) is 0 Å². The molecule has 0 fully saturated rings. The minimum Gasteiger partial charge on any atom is -0.354 e. The summed E-state index contributed by atoms with van der Waals surface area (Å²) in [6.45, 7) is 5.72. The molecule has 0 spiro atoms. The highest BCUT2D eigenvalue weighted by atomic mass is 32.2. The zero-order valence-electron chi connectivity index (χ0n) is 18.3. The number of benzene rings is 1. The Morgan fingerprint density at radius 3 is 2.40 bits per heavy atom. The van der Waals surface area contributed by atoms with Gasteiger partial charge in [-0.15, -0.1) is 0 Å². The van der Waals surface area contributed by atoms with Crippen LogP contribution in [0.2, 0.25) is 0 Å². The molecule has 0 bridgehead atoms. The van der Waals surface area contributed by atoms with Gasteiger partial charge in [-0.25, -0.2) is 8.42 Å². The summed E-state index contributed by atoms with van der Waals surface area (Å²) in [7, 11) is 0.564. The molecule has 2 amide bonds. The monoisotopic (exact) mass is 441 g/mol. The number of carbonyl (C=O) groups excluding carboxylic acids is 2. The highest BCUT2D eigenvalue weighted by Gasteiger charge is 2.32. The van der Waals surface area contributed by atoms with Crippen LogP contribution >= 0.6 is 0 Å². The van der Waals surface area contributed by atoms with Crippen LogP contribution in [0.4, 0.5) is 5.69 Å². The second-order valence-corrected chi connectivity index (χ2v) is 9.39. The maximum Gasteiger partial charge on any atom is 0.241 e. The maximum atomic E-state index is 13.0. The molecule has 1 heterocycles. The van der Waals surface area contributed by atoms with Gasteiger partial charge in [-0.1, -0.05) is 13.8 Å². The van der Waals surface area contributed by atoms with Crippen LogP contribution in [0, 0.1) is 5.92 Å². The van der Waals surface area contributed by atoms with Crippen LogP contribution in [0.5, 0.6) is 0 Å². The number of methoxy groups -OCH3 is 2. The van der Waals surface area contributed by atoms with Crippen molar-refractivity contribution in [2.45, 2.75) is 44.4 Å². The summed E-state index contributed by atoms with van der Waals surface area (Å²) < 4.78 is 38.8. The molecule has 1 aromatic carbocycles. The number of carbonyl (C=O) groups is 2. The first-order valence-electron chi connectivity index (χ1n) is 9.75. The Kier molecular flexibility index (Phi) is 7.98. The van der Waals surface area contributed by atoms with Crippen molar-refractivity contribution in [3.63, 3.8) is 0 Å². The van der Waals surface area contributed by atoms with Gasteiger partial charge in [-0.2, -0.15) is 4.72 Å². The number of nitrogens with one attached hydrogen (secondary N) is 1. The Bertz CT molecular complexity index is 883. The fourth-order valence-electron chi connectivity index (χ4n) is 3.38. The van der Waals surface area contributed by atoms with Gasteiger partial charge < -0.3 is 19.3 Å². The number of ether oxygens (including phenoxy) is 2. The van der Waals surface area contributed by atoms with Crippen molar-refractivity contribution in [3.05, 3.63) is 23.8 Å². The lowest BCUT2D eigenvalue weighted by molar-refractivity contribution is -0.145. The Hall–Kier alpha value is -2.01. The molecule has 1 aromatic rings. The lowest BCUT2D eigenvalue weighted by Gasteiger charge is -2.28. The molecule has 0 aliphatic carbocycles. The molecule has 168 valence electrons. The molecule has 1 aliphatic heterocycles. The van der Waals surface area contributed by atoms with Crippen LogP contribution in [0.1, 0.15) is 26.3 Å². The summed E-state index contributed by atoms with van der Waals surface area (Å²) in [5.41, 5.74) is 1.52. The first kappa shape index (κ1) is 24.3. The van der Waals surface area contributed by atoms with E-state index in [0.717, 1.165) is 11.3 Å². The van der Waals surface area contributed by atoms with Crippen LogP contribution in [0.15, 0.2) is 23.1 Å². The number of hydrogen-bond acceptors (Lipinski definition) is 6. The second kappa shape index (κ2) is 9.86. The van der Waals surface area contributed by atoms with Gasteiger partial charge in [0.2, 0.25) is 21.8 Å². The van der Waals surface area contributed by atoms with E-state index in [2.05, 4.69) is 4.72 Å². The van der Waals surface area contributed by atoms with E-state index in [1.54, 1.807) is 37.9 Å². The molecule has 1 aliphatic rings. The Morgan fingerprint density at radius 1 is 1.23 bits per heavy atom. The molecule has 2 rings (SSSR count). The van der Waals surface area contributed by atoms with Crippen molar-refractivity contribution in [3.8, 4) is 0 Å². The summed E-state index contributed by atoms with van der Waals surface area (Å²) in [6.07, 6.45) is -0.0208. The average molecular weight is 442 g/mol. The Labute approximate surface area is 178 Å². The summed E-state index contributed by atoms with van der Waals surface area (Å²) in [4.78, 5) is 27.7. The van der Waals surface area contributed by atoms with E-state index in [4.69, 9.17) is 9.47 Å². The van der Waals surface area contributed by atoms with Crippen LogP contribution in [-0.2, 0) is 35.5 Å². The van der Waals surface area contributed by atoms with Crippen molar-refractivity contribution in [1.82, 2.24) is 9.62 Å². The van der Waals surface area contributed by atoms with Gasteiger partial charge in [0.1, 0.15) is 6.04 Å². The molecular formula is C20H31N3O6S. The van der Waals surface area contributed by atoms with E-state index in [0.29, 0.717) is 13.0 Å². The third-order valence-electron chi connectivity index (χ3n) is 5.18. The van der Waals surface area contributed by atoms with E-state index in [9.17, 15) is 18.0 Å².